The van der Waals surface area contributed by atoms with E-state index in [1.54, 1.807) is 12.1 Å². The first-order valence-corrected chi connectivity index (χ1v) is 5.96. The molecule has 0 saturated heterocycles. The maximum atomic E-state index is 9.69. The van der Waals surface area contributed by atoms with E-state index in [1.807, 2.05) is 6.07 Å². The molecule has 0 aliphatic heterocycles. The SMILES string of the molecule is CCC(Cc1cc(Cl)ccc1O)NCCN. The number of nitrogens with one attached hydrogen (secondary N) is 1. The molecule has 1 aromatic carbocycles. The van der Waals surface area contributed by atoms with Crippen LogP contribution in [0.1, 0.15) is 18.9 Å². The molecular weight excluding hydrogens is 224 g/mol. The molecule has 0 heterocycles. The van der Waals surface area contributed by atoms with Crippen LogP contribution in [0.3, 0.4) is 0 Å². The van der Waals surface area contributed by atoms with Crippen LogP contribution in [-0.4, -0.2) is 24.2 Å². The summed E-state index contributed by atoms with van der Waals surface area (Å²) in [6.07, 6.45) is 1.76. The van der Waals surface area contributed by atoms with Gasteiger partial charge in [-0.25, -0.2) is 0 Å². The molecule has 0 aliphatic rings. The van der Waals surface area contributed by atoms with E-state index >= 15 is 0 Å². The number of phenolic OH excluding ortho intramolecular Hbond substituents is 1. The zero-order valence-electron chi connectivity index (χ0n) is 9.54. The van der Waals surface area contributed by atoms with E-state index in [1.165, 1.54) is 0 Å². The van der Waals surface area contributed by atoms with Gasteiger partial charge in [-0.2, -0.15) is 0 Å². The van der Waals surface area contributed by atoms with Crippen molar-refractivity contribution in [3.63, 3.8) is 0 Å². The third kappa shape index (κ3) is 4.00. The van der Waals surface area contributed by atoms with Gasteiger partial charge >= 0.3 is 0 Å². The van der Waals surface area contributed by atoms with Crippen molar-refractivity contribution in [3.8, 4) is 5.75 Å². The number of aromatic hydroxyl groups is 1. The Balaban J connectivity index is 2.65. The Bertz CT molecular complexity index is 331. The standard InChI is InChI=1S/C12H19ClN2O/c1-2-11(15-6-5-14)8-9-7-10(13)3-4-12(9)16/h3-4,7,11,15-16H,2,5-6,8,14H2,1H3. The second-order valence-corrected chi connectivity index (χ2v) is 4.26. The normalized spacial score (nSPS) is 12.7. The van der Waals surface area contributed by atoms with Gasteiger partial charge in [0.05, 0.1) is 0 Å². The number of benzene rings is 1. The highest BCUT2D eigenvalue weighted by Gasteiger charge is 2.09. The van der Waals surface area contributed by atoms with Crippen molar-refractivity contribution >= 4 is 11.6 Å². The van der Waals surface area contributed by atoms with Crippen LogP contribution >= 0.6 is 11.6 Å². The van der Waals surface area contributed by atoms with Gasteiger partial charge in [-0.05, 0) is 36.6 Å². The monoisotopic (exact) mass is 242 g/mol. The molecule has 1 unspecified atom stereocenters. The molecule has 16 heavy (non-hydrogen) atoms. The zero-order valence-corrected chi connectivity index (χ0v) is 10.3. The van der Waals surface area contributed by atoms with Crippen molar-refractivity contribution in [2.75, 3.05) is 13.1 Å². The Kier molecular flexibility index (Phi) is 5.60. The Morgan fingerprint density at radius 2 is 2.25 bits per heavy atom. The first-order chi connectivity index (χ1) is 7.67. The Hall–Kier alpha value is -0.770. The van der Waals surface area contributed by atoms with Gasteiger partial charge < -0.3 is 16.2 Å². The molecule has 0 saturated carbocycles. The number of hydrogen-bond donors (Lipinski definition) is 3. The highest BCUT2D eigenvalue weighted by atomic mass is 35.5. The van der Waals surface area contributed by atoms with Crippen LogP contribution in [0, 0.1) is 0 Å². The van der Waals surface area contributed by atoms with Gasteiger partial charge in [0.1, 0.15) is 5.75 Å². The molecule has 0 aliphatic carbocycles. The lowest BCUT2D eigenvalue weighted by atomic mass is 10.0. The first kappa shape index (κ1) is 13.3. The summed E-state index contributed by atoms with van der Waals surface area (Å²) in [6.45, 7) is 3.52. The molecular formula is C12H19ClN2O. The lowest BCUT2D eigenvalue weighted by Gasteiger charge is -2.17. The van der Waals surface area contributed by atoms with Crippen molar-refractivity contribution in [2.24, 2.45) is 5.73 Å². The van der Waals surface area contributed by atoms with Crippen LogP contribution in [-0.2, 0) is 6.42 Å². The minimum absolute atomic E-state index is 0.303. The van der Waals surface area contributed by atoms with Crippen molar-refractivity contribution in [1.82, 2.24) is 5.32 Å². The average Bonchev–Trinajstić information content (AvgIpc) is 2.28. The fourth-order valence-corrected chi connectivity index (χ4v) is 1.83. The lowest BCUT2D eigenvalue weighted by molar-refractivity contribution is 0.451. The smallest absolute Gasteiger partial charge is 0.118 e. The lowest BCUT2D eigenvalue weighted by Crippen LogP contribution is -2.34. The molecule has 1 rings (SSSR count). The van der Waals surface area contributed by atoms with E-state index in [2.05, 4.69) is 12.2 Å². The summed E-state index contributed by atoms with van der Waals surface area (Å²) in [5.74, 6) is 0.303. The molecule has 0 spiro atoms. The average molecular weight is 243 g/mol. The number of hydrogen-bond acceptors (Lipinski definition) is 3. The molecule has 0 radical (unpaired) electrons. The zero-order chi connectivity index (χ0) is 12.0. The van der Waals surface area contributed by atoms with Gasteiger partial charge in [0.2, 0.25) is 0 Å². The third-order valence-corrected chi connectivity index (χ3v) is 2.81. The second-order valence-electron chi connectivity index (χ2n) is 3.83. The highest BCUT2D eigenvalue weighted by Crippen LogP contribution is 2.23. The quantitative estimate of drug-likeness (QED) is 0.714. The first-order valence-electron chi connectivity index (χ1n) is 5.58. The molecule has 4 heteroatoms. The molecule has 1 atom stereocenters. The number of halogens is 1. The van der Waals surface area contributed by atoms with Gasteiger partial charge in [-0.3, -0.25) is 0 Å². The van der Waals surface area contributed by atoms with Gasteiger partial charge in [0.15, 0.2) is 0 Å². The number of phenols is 1. The molecule has 1 aromatic rings. The largest absolute Gasteiger partial charge is 0.508 e. The summed E-state index contributed by atoms with van der Waals surface area (Å²) >= 11 is 5.90. The van der Waals surface area contributed by atoms with Crippen LogP contribution < -0.4 is 11.1 Å². The molecule has 0 amide bonds. The number of nitrogens with two attached hydrogens (primary N) is 1. The minimum Gasteiger partial charge on any atom is -0.508 e. The summed E-state index contributed by atoms with van der Waals surface area (Å²) in [6, 6.07) is 5.46. The fraction of sp³-hybridized carbons (Fsp3) is 0.500. The third-order valence-electron chi connectivity index (χ3n) is 2.58. The predicted octanol–water partition coefficient (Wildman–Crippen LogP) is 1.91. The summed E-state index contributed by atoms with van der Waals surface area (Å²) in [7, 11) is 0. The van der Waals surface area contributed by atoms with Crippen molar-refractivity contribution < 1.29 is 5.11 Å². The highest BCUT2D eigenvalue weighted by molar-refractivity contribution is 6.30. The molecule has 3 nitrogen and oxygen atoms in total. The number of rotatable bonds is 6. The van der Waals surface area contributed by atoms with E-state index < -0.39 is 0 Å². The van der Waals surface area contributed by atoms with Gasteiger partial charge in [-0.15, -0.1) is 0 Å². The van der Waals surface area contributed by atoms with E-state index in [4.69, 9.17) is 17.3 Å². The van der Waals surface area contributed by atoms with Gasteiger partial charge in [0, 0.05) is 24.2 Å². The summed E-state index contributed by atoms with van der Waals surface area (Å²) in [5.41, 5.74) is 6.32. The van der Waals surface area contributed by atoms with Gasteiger partial charge in [0.25, 0.3) is 0 Å². The minimum atomic E-state index is 0.303. The van der Waals surface area contributed by atoms with E-state index in [-0.39, 0.29) is 0 Å². The summed E-state index contributed by atoms with van der Waals surface area (Å²) in [4.78, 5) is 0. The molecule has 0 bridgehead atoms. The van der Waals surface area contributed by atoms with Crippen LogP contribution in [0.2, 0.25) is 5.02 Å². The fourth-order valence-electron chi connectivity index (χ4n) is 1.63. The topological polar surface area (TPSA) is 58.3 Å². The Morgan fingerprint density at radius 1 is 1.50 bits per heavy atom. The van der Waals surface area contributed by atoms with Crippen LogP contribution in [0.15, 0.2) is 18.2 Å². The van der Waals surface area contributed by atoms with Gasteiger partial charge in [-0.1, -0.05) is 18.5 Å². The summed E-state index contributed by atoms with van der Waals surface area (Å²) < 4.78 is 0. The Morgan fingerprint density at radius 3 is 2.88 bits per heavy atom. The molecule has 4 N–H and O–H groups in total. The van der Waals surface area contributed by atoms with Crippen molar-refractivity contribution in [1.29, 1.82) is 0 Å². The van der Waals surface area contributed by atoms with E-state index in [9.17, 15) is 5.11 Å². The van der Waals surface area contributed by atoms with Crippen molar-refractivity contribution in [2.45, 2.75) is 25.8 Å². The maximum Gasteiger partial charge on any atom is 0.118 e. The Labute approximate surface area is 102 Å². The van der Waals surface area contributed by atoms with Crippen LogP contribution in [0.4, 0.5) is 0 Å². The molecule has 0 aromatic heterocycles. The maximum absolute atomic E-state index is 9.69. The van der Waals surface area contributed by atoms with Crippen LogP contribution in [0.5, 0.6) is 5.75 Å². The van der Waals surface area contributed by atoms with Crippen molar-refractivity contribution in [3.05, 3.63) is 28.8 Å². The van der Waals surface area contributed by atoms with Crippen LogP contribution in [0.25, 0.3) is 0 Å². The second kappa shape index (κ2) is 6.74. The van der Waals surface area contributed by atoms with E-state index in [0.29, 0.717) is 23.4 Å². The summed E-state index contributed by atoms with van der Waals surface area (Å²) in [5, 5.41) is 13.7. The predicted molar refractivity (Wildman–Crippen MR) is 68.0 cm³/mol. The molecule has 0 fully saturated rings. The van der Waals surface area contributed by atoms with E-state index in [0.717, 1.165) is 24.9 Å². The molecule has 90 valence electrons.